The molecule has 0 aromatic heterocycles. The number of nitrogens with one attached hydrogen (secondary N) is 1. The Kier molecular flexibility index (Phi) is 4.76. The smallest absolute Gasteiger partial charge is 0.131 e. The summed E-state index contributed by atoms with van der Waals surface area (Å²) in [5.74, 6) is 0.906. The van der Waals surface area contributed by atoms with Gasteiger partial charge in [0.1, 0.15) is 11.9 Å². The molecule has 3 heteroatoms. The van der Waals surface area contributed by atoms with E-state index >= 15 is 0 Å². The summed E-state index contributed by atoms with van der Waals surface area (Å²) in [6, 6.07) is 18.5. The molecule has 114 valence electrons. The van der Waals surface area contributed by atoms with Crippen molar-refractivity contribution in [1.82, 2.24) is 5.48 Å². The highest BCUT2D eigenvalue weighted by molar-refractivity contribution is 5.27. The minimum Gasteiger partial charge on any atom is -0.497 e. The standard InChI is InChI=1S/C19H21NO2/c1-21-18-12-10-15(11-13-18)6-5-9-17-14-19(22-20-17)16-7-3-2-4-8-16/h2-4,7-8,10-14,19-20H,5-6,9H2,1H3. The summed E-state index contributed by atoms with van der Waals surface area (Å²) in [4.78, 5) is 5.63. The number of benzene rings is 2. The molecule has 1 aliphatic heterocycles. The first-order valence-corrected chi connectivity index (χ1v) is 7.65. The van der Waals surface area contributed by atoms with Crippen LogP contribution in [0.5, 0.6) is 5.75 Å². The zero-order valence-electron chi connectivity index (χ0n) is 12.8. The molecule has 0 aliphatic carbocycles. The average molecular weight is 295 g/mol. The van der Waals surface area contributed by atoms with Gasteiger partial charge in [0.2, 0.25) is 0 Å². The fourth-order valence-electron chi connectivity index (χ4n) is 2.61. The minimum atomic E-state index is 0.0252. The van der Waals surface area contributed by atoms with Gasteiger partial charge in [-0.15, -0.1) is 0 Å². The number of allylic oxidation sites excluding steroid dienone is 1. The fraction of sp³-hybridized carbons (Fsp3) is 0.263. The second kappa shape index (κ2) is 7.14. The van der Waals surface area contributed by atoms with Crippen molar-refractivity contribution in [2.75, 3.05) is 7.11 Å². The first kappa shape index (κ1) is 14.7. The van der Waals surface area contributed by atoms with Crippen LogP contribution in [-0.2, 0) is 11.3 Å². The SMILES string of the molecule is COc1ccc(CCCC2=CC(c3ccccc3)ON2)cc1. The maximum absolute atomic E-state index is 5.63. The number of hydrogen-bond donors (Lipinski definition) is 1. The van der Waals surface area contributed by atoms with Crippen LogP contribution in [0.4, 0.5) is 0 Å². The molecule has 0 bridgehead atoms. The van der Waals surface area contributed by atoms with Crippen LogP contribution < -0.4 is 10.2 Å². The Balaban J connectivity index is 1.49. The third kappa shape index (κ3) is 3.68. The normalized spacial score (nSPS) is 17.0. The van der Waals surface area contributed by atoms with Crippen LogP contribution in [0.3, 0.4) is 0 Å². The third-order valence-corrected chi connectivity index (χ3v) is 3.87. The van der Waals surface area contributed by atoms with E-state index in [-0.39, 0.29) is 6.10 Å². The maximum Gasteiger partial charge on any atom is 0.131 e. The lowest BCUT2D eigenvalue weighted by Crippen LogP contribution is -2.08. The van der Waals surface area contributed by atoms with E-state index in [4.69, 9.17) is 9.57 Å². The van der Waals surface area contributed by atoms with Gasteiger partial charge >= 0.3 is 0 Å². The summed E-state index contributed by atoms with van der Waals surface area (Å²) in [5.41, 5.74) is 6.73. The minimum absolute atomic E-state index is 0.0252. The Morgan fingerprint density at radius 2 is 1.77 bits per heavy atom. The summed E-state index contributed by atoms with van der Waals surface area (Å²) < 4.78 is 5.17. The van der Waals surface area contributed by atoms with E-state index in [1.807, 2.05) is 30.3 Å². The van der Waals surface area contributed by atoms with Crippen LogP contribution >= 0.6 is 0 Å². The lowest BCUT2D eigenvalue weighted by atomic mass is 10.1. The number of methoxy groups -OCH3 is 1. The van der Waals surface area contributed by atoms with Crippen LogP contribution in [0.2, 0.25) is 0 Å². The van der Waals surface area contributed by atoms with Gasteiger partial charge in [0.05, 0.1) is 7.11 Å². The van der Waals surface area contributed by atoms with E-state index in [2.05, 4.69) is 35.8 Å². The molecule has 1 N–H and O–H groups in total. The van der Waals surface area contributed by atoms with Crippen molar-refractivity contribution in [3.63, 3.8) is 0 Å². The molecule has 0 spiro atoms. The fourth-order valence-corrected chi connectivity index (χ4v) is 2.61. The lowest BCUT2D eigenvalue weighted by molar-refractivity contribution is 0.0406. The molecule has 2 aromatic carbocycles. The highest BCUT2D eigenvalue weighted by atomic mass is 16.7. The van der Waals surface area contributed by atoms with Crippen LogP contribution in [0.25, 0.3) is 0 Å². The van der Waals surface area contributed by atoms with Gasteiger partial charge < -0.3 is 4.74 Å². The molecular formula is C19H21NO2. The van der Waals surface area contributed by atoms with Gasteiger partial charge in [0.15, 0.2) is 0 Å². The maximum atomic E-state index is 5.63. The zero-order chi connectivity index (χ0) is 15.2. The summed E-state index contributed by atoms with van der Waals surface area (Å²) in [6.45, 7) is 0. The van der Waals surface area contributed by atoms with Crippen molar-refractivity contribution in [2.45, 2.75) is 25.4 Å². The number of rotatable bonds is 6. The van der Waals surface area contributed by atoms with E-state index in [9.17, 15) is 0 Å². The van der Waals surface area contributed by atoms with Gasteiger partial charge in [0, 0.05) is 5.70 Å². The molecule has 0 amide bonds. The largest absolute Gasteiger partial charge is 0.497 e. The first-order chi connectivity index (χ1) is 10.8. The van der Waals surface area contributed by atoms with Crippen LogP contribution in [0.15, 0.2) is 66.4 Å². The molecular weight excluding hydrogens is 274 g/mol. The Labute approximate surface area is 131 Å². The number of aryl methyl sites for hydroxylation is 1. The van der Waals surface area contributed by atoms with Crippen molar-refractivity contribution in [3.8, 4) is 5.75 Å². The molecule has 3 rings (SSSR count). The van der Waals surface area contributed by atoms with Gasteiger partial charge in [-0.2, -0.15) is 0 Å². The van der Waals surface area contributed by atoms with E-state index in [0.717, 1.165) is 25.0 Å². The summed E-state index contributed by atoms with van der Waals surface area (Å²) >= 11 is 0. The predicted octanol–water partition coefficient (Wildman–Crippen LogP) is 4.18. The van der Waals surface area contributed by atoms with Crippen molar-refractivity contribution < 1.29 is 9.57 Å². The molecule has 1 heterocycles. The molecule has 0 radical (unpaired) electrons. The molecule has 0 saturated heterocycles. The van der Waals surface area contributed by atoms with E-state index in [1.54, 1.807) is 7.11 Å². The lowest BCUT2D eigenvalue weighted by Gasteiger charge is -2.07. The second-order valence-corrected chi connectivity index (χ2v) is 5.44. The van der Waals surface area contributed by atoms with Crippen molar-refractivity contribution in [3.05, 3.63) is 77.5 Å². The Hall–Kier alpha value is -2.26. The highest BCUT2D eigenvalue weighted by Gasteiger charge is 2.17. The quantitative estimate of drug-likeness (QED) is 0.867. The monoisotopic (exact) mass is 295 g/mol. The molecule has 1 unspecified atom stereocenters. The molecule has 22 heavy (non-hydrogen) atoms. The van der Waals surface area contributed by atoms with Crippen LogP contribution in [-0.4, -0.2) is 7.11 Å². The van der Waals surface area contributed by atoms with Gasteiger partial charge in [-0.3, -0.25) is 10.3 Å². The van der Waals surface area contributed by atoms with Crippen molar-refractivity contribution in [1.29, 1.82) is 0 Å². The van der Waals surface area contributed by atoms with E-state index in [0.29, 0.717) is 0 Å². The zero-order valence-corrected chi connectivity index (χ0v) is 12.8. The Morgan fingerprint density at radius 3 is 2.50 bits per heavy atom. The average Bonchev–Trinajstić information content (AvgIpc) is 3.05. The molecule has 0 saturated carbocycles. The van der Waals surface area contributed by atoms with Gasteiger partial charge in [-0.25, -0.2) is 0 Å². The topological polar surface area (TPSA) is 30.5 Å². The molecule has 0 fully saturated rings. The molecule has 3 nitrogen and oxygen atoms in total. The first-order valence-electron chi connectivity index (χ1n) is 7.65. The van der Waals surface area contributed by atoms with Gasteiger partial charge in [-0.05, 0) is 48.6 Å². The van der Waals surface area contributed by atoms with Crippen LogP contribution in [0, 0.1) is 0 Å². The summed E-state index contributed by atoms with van der Waals surface area (Å²) in [6.07, 6.45) is 5.34. The third-order valence-electron chi connectivity index (χ3n) is 3.87. The number of ether oxygens (including phenoxy) is 1. The van der Waals surface area contributed by atoms with E-state index in [1.165, 1.54) is 16.8 Å². The van der Waals surface area contributed by atoms with E-state index < -0.39 is 0 Å². The Morgan fingerprint density at radius 1 is 1.00 bits per heavy atom. The van der Waals surface area contributed by atoms with Gasteiger partial charge in [-0.1, -0.05) is 42.5 Å². The molecule has 2 aromatic rings. The van der Waals surface area contributed by atoms with Crippen molar-refractivity contribution in [2.24, 2.45) is 0 Å². The van der Waals surface area contributed by atoms with Crippen molar-refractivity contribution >= 4 is 0 Å². The van der Waals surface area contributed by atoms with Gasteiger partial charge in [0.25, 0.3) is 0 Å². The second-order valence-electron chi connectivity index (χ2n) is 5.44. The predicted molar refractivity (Wildman–Crippen MR) is 87.4 cm³/mol. The number of hydrogen-bond acceptors (Lipinski definition) is 3. The Bertz CT molecular complexity index is 620. The summed E-state index contributed by atoms with van der Waals surface area (Å²) in [5, 5.41) is 0. The number of hydroxylamine groups is 1. The van der Waals surface area contributed by atoms with Crippen LogP contribution in [0.1, 0.15) is 30.1 Å². The summed E-state index contributed by atoms with van der Waals surface area (Å²) in [7, 11) is 1.69. The molecule has 1 atom stereocenters. The highest BCUT2D eigenvalue weighted by Crippen LogP contribution is 2.25. The molecule has 1 aliphatic rings.